The third-order valence-electron chi connectivity index (χ3n) is 4.11. The number of nitrogens with one attached hydrogen (secondary N) is 3. The van der Waals surface area contributed by atoms with E-state index in [1.807, 2.05) is 0 Å². The van der Waals surface area contributed by atoms with Crippen molar-refractivity contribution in [2.45, 2.75) is 19.4 Å². The van der Waals surface area contributed by atoms with Crippen LogP contribution in [-0.2, 0) is 0 Å². The molecule has 0 aliphatic carbocycles. The molecule has 0 spiro atoms. The number of amides is 1. The van der Waals surface area contributed by atoms with Gasteiger partial charge in [0.25, 0.3) is 5.91 Å². The molecule has 0 radical (unpaired) electrons. The average molecular weight is 302 g/mol. The molecule has 116 valence electrons. The van der Waals surface area contributed by atoms with Gasteiger partial charge in [-0.15, -0.1) is 0 Å². The van der Waals surface area contributed by atoms with Gasteiger partial charge in [-0.1, -0.05) is 6.92 Å². The first-order valence-electron chi connectivity index (χ1n) is 7.46. The van der Waals surface area contributed by atoms with Gasteiger partial charge in [-0.05, 0) is 49.2 Å². The van der Waals surface area contributed by atoms with Gasteiger partial charge < -0.3 is 10.6 Å². The van der Waals surface area contributed by atoms with E-state index in [2.05, 4.69) is 27.8 Å². The molecule has 2 unspecified atom stereocenters. The summed E-state index contributed by atoms with van der Waals surface area (Å²) in [5.41, 5.74) is 1.81. The summed E-state index contributed by atoms with van der Waals surface area (Å²) in [6.07, 6.45) is 1.05. The maximum atomic E-state index is 12.9. The second-order valence-electron chi connectivity index (χ2n) is 5.72. The van der Waals surface area contributed by atoms with Crippen molar-refractivity contribution in [1.82, 2.24) is 20.8 Å². The Bertz CT molecular complexity index is 652. The lowest BCUT2D eigenvalue weighted by molar-refractivity contribution is 0.0910. The summed E-state index contributed by atoms with van der Waals surface area (Å²) < 4.78 is 12.9. The summed E-state index contributed by atoms with van der Waals surface area (Å²) in [5.74, 6) is -0.0119. The number of piperidine rings is 1. The quantitative estimate of drug-likeness (QED) is 0.811. The summed E-state index contributed by atoms with van der Waals surface area (Å²) in [4.78, 5) is 12.3. The molecular formula is C16H19FN4O. The van der Waals surface area contributed by atoms with Crippen LogP contribution in [0.3, 0.4) is 0 Å². The van der Waals surface area contributed by atoms with E-state index in [1.165, 1.54) is 12.1 Å². The minimum Gasteiger partial charge on any atom is -0.346 e. The van der Waals surface area contributed by atoms with Gasteiger partial charge in [0.15, 0.2) is 0 Å². The highest BCUT2D eigenvalue weighted by molar-refractivity contribution is 5.93. The minimum atomic E-state index is -0.295. The third-order valence-corrected chi connectivity index (χ3v) is 4.11. The van der Waals surface area contributed by atoms with Crippen molar-refractivity contribution in [3.8, 4) is 11.3 Å². The Morgan fingerprint density at radius 2 is 2.14 bits per heavy atom. The van der Waals surface area contributed by atoms with Crippen molar-refractivity contribution in [1.29, 1.82) is 0 Å². The van der Waals surface area contributed by atoms with E-state index in [9.17, 15) is 9.18 Å². The molecule has 3 N–H and O–H groups in total. The predicted molar refractivity (Wildman–Crippen MR) is 81.9 cm³/mol. The first-order valence-corrected chi connectivity index (χ1v) is 7.46. The number of benzene rings is 1. The summed E-state index contributed by atoms with van der Waals surface area (Å²) in [6, 6.07) is 7.83. The summed E-state index contributed by atoms with van der Waals surface area (Å²) in [6.45, 7) is 3.92. The summed E-state index contributed by atoms with van der Waals surface area (Å²) >= 11 is 0. The van der Waals surface area contributed by atoms with E-state index in [0.29, 0.717) is 17.3 Å². The molecule has 2 heterocycles. The van der Waals surface area contributed by atoms with Crippen LogP contribution in [0.1, 0.15) is 23.8 Å². The molecule has 1 aliphatic rings. The van der Waals surface area contributed by atoms with Crippen molar-refractivity contribution in [3.63, 3.8) is 0 Å². The number of aromatic amines is 1. The van der Waals surface area contributed by atoms with Gasteiger partial charge in [-0.3, -0.25) is 9.89 Å². The molecule has 3 rings (SSSR count). The molecule has 0 bridgehead atoms. The van der Waals surface area contributed by atoms with Gasteiger partial charge in [-0.2, -0.15) is 5.10 Å². The minimum absolute atomic E-state index is 0.124. The Balaban J connectivity index is 1.70. The first-order chi connectivity index (χ1) is 10.6. The molecular weight excluding hydrogens is 283 g/mol. The van der Waals surface area contributed by atoms with Crippen LogP contribution in [0.15, 0.2) is 30.3 Å². The summed E-state index contributed by atoms with van der Waals surface area (Å²) in [7, 11) is 0. The number of halogens is 1. The van der Waals surface area contributed by atoms with Gasteiger partial charge in [0.05, 0.1) is 5.69 Å². The second kappa shape index (κ2) is 6.27. The molecule has 2 atom stereocenters. The maximum Gasteiger partial charge on any atom is 0.269 e. The number of nitrogens with zero attached hydrogens (tertiary/aromatic N) is 1. The fourth-order valence-electron chi connectivity index (χ4n) is 2.64. The fraction of sp³-hybridized carbons (Fsp3) is 0.375. The molecule has 5 nitrogen and oxygen atoms in total. The van der Waals surface area contributed by atoms with Gasteiger partial charge in [0, 0.05) is 18.2 Å². The van der Waals surface area contributed by atoms with E-state index in [4.69, 9.17) is 0 Å². The Labute approximate surface area is 128 Å². The zero-order chi connectivity index (χ0) is 15.5. The number of carbonyl (C=O) groups excluding carboxylic acids is 1. The van der Waals surface area contributed by atoms with Crippen LogP contribution < -0.4 is 10.6 Å². The van der Waals surface area contributed by atoms with Gasteiger partial charge in [0.2, 0.25) is 0 Å². The molecule has 1 aromatic carbocycles. The molecule has 1 fully saturated rings. The Hall–Kier alpha value is -2.21. The lowest BCUT2D eigenvalue weighted by atomic mass is 9.95. The van der Waals surface area contributed by atoms with Gasteiger partial charge in [-0.25, -0.2) is 4.39 Å². The zero-order valence-electron chi connectivity index (χ0n) is 12.4. The molecule has 1 saturated heterocycles. The highest BCUT2D eigenvalue weighted by atomic mass is 19.1. The van der Waals surface area contributed by atoms with E-state index < -0.39 is 0 Å². The van der Waals surface area contributed by atoms with Crippen molar-refractivity contribution in [2.75, 3.05) is 13.1 Å². The normalized spacial score (nSPS) is 21.5. The van der Waals surface area contributed by atoms with Crippen LogP contribution in [0.5, 0.6) is 0 Å². The maximum absolute atomic E-state index is 12.9. The van der Waals surface area contributed by atoms with E-state index >= 15 is 0 Å². The first kappa shape index (κ1) is 14.7. The standard InChI is InChI=1S/C16H19FN4O/c1-10-6-7-18-9-15(10)19-16(22)14-8-13(20-21-14)11-2-4-12(17)5-3-11/h2-5,8,10,15,18H,6-7,9H2,1H3,(H,19,22)(H,20,21). The Morgan fingerprint density at radius 3 is 2.86 bits per heavy atom. The predicted octanol–water partition coefficient (Wildman–Crippen LogP) is 1.94. The number of hydrogen-bond acceptors (Lipinski definition) is 3. The van der Waals surface area contributed by atoms with Gasteiger partial charge in [0.1, 0.15) is 11.5 Å². The van der Waals surface area contributed by atoms with Crippen molar-refractivity contribution in [3.05, 3.63) is 41.8 Å². The SMILES string of the molecule is CC1CCNCC1NC(=O)c1cc(-c2ccc(F)cc2)n[nH]1. The largest absolute Gasteiger partial charge is 0.346 e. The lowest BCUT2D eigenvalue weighted by Crippen LogP contribution is -2.50. The molecule has 1 aliphatic heterocycles. The monoisotopic (exact) mass is 302 g/mol. The third kappa shape index (κ3) is 3.17. The summed E-state index contributed by atoms with van der Waals surface area (Å²) in [5, 5.41) is 13.2. The number of hydrogen-bond donors (Lipinski definition) is 3. The van der Waals surface area contributed by atoms with Crippen LogP contribution in [0.25, 0.3) is 11.3 Å². The zero-order valence-corrected chi connectivity index (χ0v) is 12.4. The van der Waals surface area contributed by atoms with Crippen LogP contribution >= 0.6 is 0 Å². The molecule has 6 heteroatoms. The number of aromatic nitrogens is 2. The molecule has 0 saturated carbocycles. The topological polar surface area (TPSA) is 69.8 Å². The van der Waals surface area contributed by atoms with Crippen LogP contribution in [0.4, 0.5) is 4.39 Å². The van der Waals surface area contributed by atoms with Gasteiger partial charge >= 0.3 is 0 Å². The number of H-pyrrole nitrogens is 1. The van der Waals surface area contributed by atoms with Crippen molar-refractivity contribution >= 4 is 5.91 Å². The van der Waals surface area contributed by atoms with E-state index in [0.717, 1.165) is 25.1 Å². The van der Waals surface area contributed by atoms with E-state index in [1.54, 1.807) is 18.2 Å². The molecule has 1 aromatic heterocycles. The molecule has 22 heavy (non-hydrogen) atoms. The van der Waals surface area contributed by atoms with E-state index in [-0.39, 0.29) is 17.8 Å². The lowest BCUT2D eigenvalue weighted by Gasteiger charge is -2.29. The highest BCUT2D eigenvalue weighted by Gasteiger charge is 2.23. The van der Waals surface area contributed by atoms with Crippen molar-refractivity contribution in [2.24, 2.45) is 5.92 Å². The smallest absolute Gasteiger partial charge is 0.269 e. The van der Waals surface area contributed by atoms with Crippen molar-refractivity contribution < 1.29 is 9.18 Å². The highest BCUT2D eigenvalue weighted by Crippen LogP contribution is 2.18. The molecule has 1 amide bonds. The average Bonchev–Trinajstić information content (AvgIpc) is 3.00. The second-order valence-corrected chi connectivity index (χ2v) is 5.72. The Kier molecular flexibility index (Phi) is 4.20. The van der Waals surface area contributed by atoms with Crippen LogP contribution in [0, 0.1) is 11.7 Å². The number of rotatable bonds is 3. The molecule has 2 aromatic rings. The fourth-order valence-corrected chi connectivity index (χ4v) is 2.64. The van der Waals surface area contributed by atoms with Crippen LogP contribution in [-0.4, -0.2) is 35.2 Å². The Morgan fingerprint density at radius 1 is 1.36 bits per heavy atom. The number of carbonyl (C=O) groups is 1. The van der Waals surface area contributed by atoms with Crippen LogP contribution in [0.2, 0.25) is 0 Å².